The van der Waals surface area contributed by atoms with Crippen LogP contribution in [0, 0.1) is 0 Å². The first kappa shape index (κ1) is 57.5. The van der Waals surface area contributed by atoms with Gasteiger partial charge in [0.2, 0.25) is 0 Å². The minimum absolute atomic E-state index is 0.596. The molecule has 0 spiro atoms. The molecule has 0 fully saturated rings. The number of fused-ring (bicyclic) bond motifs is 12. The van der Waals surface area contributed by atoms with Gasteiger partial charge in [-0.2, -0.15) is 0 Å². The van der Waals surface area contributed by atoms with Gasteiger partial charge in [-0.05, 0) is 124 Å². The van der Waals surface area contributed by atoms with Gasteiger partial charge in [-0.1, -0.05) is 243 Å². The van der Waals surface area contributed by atoms with E-state index in [1.54, 1.807) is 11.3 Å². The number of hydrogen-bond donors (Lipinski definition) is 0. The highest BCUT2D eigenvalue weighted by Gasteiger charge is 2.26. The van der Waals surface area contributed by atoms with Crippen LogP contribution in [0.25, 0.3) is 197 Å². The molecule has 100 heavy (non-hydrogen) atoms. The Bertz CT molecular complexity index is 6580. The second-order valence-corrected chi connectivity index (χ2v) is 27.6. The maximum atomic E-state index is 5.55. The van der Waals surface area contributed by atoms with Crippen LogP contribution in [0.2, 0.25) is 0 Å². The molecule has 6 aromatic heterocycles. The lowest BCUT2D eigenvalue weighted by Gasteiger charge is -2.15. The molecule has 0 unspecified atom stereocenters. The molecule has 0 aliphatic rings. The molecule has 9 heteroatoms. The van der Waals surface area contributed by atoms with Crippen LogP contribution in [0.5, 0.6) is 0 Å². The number of rotatable bonds is 11. The Morgan fingerprint density at radius 1 is 0.210 bits per heavy atom. The van der Waals surface area contributed by atoms with Gasteiger partial charge in [-0.25, -0.2) is 24.9 Å². The van der Waals surface area contributed by atoms with Crippen molar-refractivity contribution in [3.8, 4) is 113 Å². The summed E-state index contributed by atoms with van der Waals surface area (Å²) >= 11 is 3.61. The van der Waals surface area contributed by atoms with Crippen molar-refractivity contribution in [1.29, 1.82) is 0 Å². The van der Waals surface area contributed by atoms with Crippen LogP contribution in [-0.4, -0.2) is 34.1 Å². The molecular formula is C91H55N7S2. The van der Waals surface area contributed by atoms with Crippen LogP contribution < -0.4 is 0 Å². The van der Waals surface area contributed by atoms with E-state index >= 15 is 0 Å². The largest absolute Gasteiger partial charge is 0.309 e. The zero-order chi connectivity index (χ0) is 65.8. The van der Waals surface area contributed by atoms with E-state index in [0.29, 0.717) is 23.3 Å². The van der Waals surface area contributed by atoms with Gasteiger partial charge in [-0.15, -0.1) is 22.7 Å². The molecule has 0 aliphatic heterocycles. The minimum atomic E-state index is 0.596. The minimum Gasteiger partial charge on any atom is -0.309 e. The second-order valence-electron chi connectivity index (χ2n) is 25.4. The van der Waals surface area contributed by atoms with E-state index in [2.05, 4.69) is 325 Å². The van der Waals surface area contributed by atoms with Crippen molar-refractivity contribution in [3.05, 3.63) is 334 Å². The summed E-state index contributed by atoms with van der Waals surface area (Å²) in [4.78, 5) is 27.3. The standard InChI is InChI=1S/C91H55N7S2/c1-5-22-57(23-6-1)74-55-75(58-24-7-2-8-25-58)93-90(92-74)86-66(46-50-82-84(86)70-34-15-19-38-80(70)99-82)62-45-49-79-73(54-62)69-33-14-18-37-77(69)98(79)65-31-21-28-61(52-65)56-40-42-60(43-41-56)89-94-88(59-26-9-3-10-27-59)95-91(96-89)87-67(47-51-83-85(87)71-35-16-20-39-81(71)100-83)63-44-48-78-72(53-63)68-32-13-17-36-76(68)97(78)64-29-11-4-12-30-64/h1-55H. The molecule has 0 saturated heterocycles. The molecule has 6 heterocycles. The summed E-state index contributed by atoms with van der Waals surface area (Å²) < 4.78 is 9.58. The van der Waals surface area contributed by atoms with E-state index in [-0.39, 0.29) is 0 Å². The summed E-state index contributed by atoms with van der Waals surface area (Å²) in [7, 11) is 0. The van der Waals surface area contributed by atoms with Crippen LogP contribution in [0.1, 0.15) is 0 Å². The smallest absolute Gasteiger partial charge is 0.165 e. The first-order valence-corrected chi connectivity index (χ1v) is 35.2. The highest BCUT2D eigenvalue weighted by Crippen LogP contribution is 2.49. The Kier molecular flexibility index (Phi) is 13.5. The lowest BCUT2D eigenvalue weighted by Crippen LogP contribution is -2.01. The van der Waals surface area contributed by atoms with E-state index in [1.165, 1.54) is 45.7 Å². The van der Waals surface area contributed by atoms with Crippen molar-refractivity contribution in [2.75, 3.05) is 0 Å². The van der Waals surface area contributed by atoms with Gasteiger partial charge in [-0.3, -0.25) is 0 Å². The maximum absolute atomic E-state index is 5.55. The average molecular weight is 1310 g/mol. The van der Waals surface area contributed by atoms with Crippen molar-refractivity contribution in [1.82, 2.24) is 34.1 Å². The number of benzene rings is 14. The predicted octanol–water partition coefficient (Wildman–Crippen LogP) is 24.6. The molecular weight excluding hydrogens is 1260 g/mol. The van der Waals surface area contributed by atoms with E-state index in [4.69, 9.17) is 24.9 Å². The van der Waals surface area contributed by atoms with E-state index < -0.39 is 0 Å². The Hall–Kier alpha value is -12.8. The highest BCUT2D eigenvalue weighted by atomic mass is 32.1. The first-order chi connectivity index (χ1) is 49.6. The van der Waals surface area contributed by atoms with Crippen LogP contribution >= 0.6 is 22.7 Å². The fourth-order valence-corrected chi connectivity index (χ4v) is 17.3. The van der Waals surface area contributed by atoms with E-state index in [1.807, 2.05) is 29.5 Å². The third-order valence-corrected chi connectivity index (χ3v) is 21.9. The van der Waals surface area contributed by atoms with E-state index in [9.17, 15) is 0 Å². The van der Waals surface area contributed by atoms with Crippen LogP contribution in [0.3, 0.4) is 0 Å². The second kappa shape index (κ2) is 23.5. The molecule has 0 bridgehead atoms. The van der Waals surface area contributed by atoms with Gasteiger partial charge >= 0.3 is 0 Å². The maximum Gasteiger partial charge on any atom is 0.165 e. The van der Waals surface area contributed by atoms with Crippen molar-refractivity contribution in [3.63, 3.8) is 0 Å². The Morgan fingerprint density at radius 3 is 1.12 bits per heavy atom. The Morgan fingerprint density at radius 2 is 0.590 bits per heavy atom. The molecule has 14 aromatic carbocycles. The third kappa shape index (κ3) is 9.58. The average Bonchev–Trinajstić information content (AvgIpc) is 1.53. The fraction of sp³-hybridized carbons (Fsp3) is 0. The quantitative estimate of drug-likeness (QED) is 0.129. The number of aromatic nitrogens is 7. The molecule has 0 saturated carbocycles. The SMILES string of the molecule is c1ccc(-c2cc(-c3ccccc3)nc(-c3c(-c4ccc5c(c4)c4ccccc4n5-c4cccc(-c5ccc(-c6nc(-c7ccccc7)nc(-c7c(-c8ccc9c(c8)c8ccccc8n9-c8ccccc8)ccc8sc9ccccc9c78)n6)cc5)c4)ccc4sc5ccccc5c34)n2)cc1. The van der Waals surface area contributed by atoms with Crippen molar-refractivity contribution in [2.24, 2.45) is 0 Å². The Labute approximate surface area is 583 Å². The molecule has 0 N–H and O–H groups in total. The first-order valence-electron chi connectivity index (χ1n) is 33.6. The Balaban J connectivity index is 0.701. The zero-order valence-electron chi connectivity index (χ0n) is 53.7. The number of hydrogen-bond acceptors (Lipinski definition) is 7. The summed E-state index contributed by atoms with van der Waals surface area (Å²) in [5.74, 6) is 2.51. The third-order valence-electron chi connectivity index (χ3n) is 19.6. The normalized spacial score (nSPS) is 11.8. The van der Waals surface area contributed by atoms with Crippen molar-refractivity contribution >= 4 is 107 Å². The molecule has 20 rings (SSSR count). The zero-order valence-corrected chi connectivity index (χ0v) is 55.3. The van der Waals surface area contributed by atoms with Gasteiger partial charge in [0.15, 0.2) is 23.3 Å². The highest BCUT2D eigenvalue weighted by molar-refractivity contribution is 7.26. The molecule has 466 valence electrons. The summed E-state index contributed by atoms with van der Waals surface area (Å²) in [6, 6.07) is 119. The summed E-state index contributed by atoms with van der Waals surface area (Å²) in [6.07, 6.45) is 0. The van der Waals surface area contributed by atoms with Gasteiger partial charge in [0.25, 0.3) is 0 Å². The number of nitrogens with zero attached hydrogens (tertiary/aromatic N) is 7. The summed E-state index contributed by atoms with van der Waals surface area (Å²) in [5, 5.41) is 9.36. The van der Waals surface area contributed by atoms with Crippen LogP contribution in [0.15, 0.2) is 334 Å². The van der Waals surface area contributed by atoms with Gasteiger partial charge in [0, 0.05) is 107 Å². The van der Waals surface area contributed by atoms with Crippen molar-refractivity contribution < 1.29 is 0 Å². The predicted molar refractivity (Wildman–Crippen MR) is 419 cm³/mol. The van der Waals surface area contributed by atoms with Crippen LogP contribution in [0.4, 0.5) is 0 Å². The molecule has 7 nitrogen and oxygen atoms in total. The lowest BCUT2D eigenvalue weighted by molar-refractivity contribution is 1.08. The van der Waals surface area contributed by atoms with Crippen LogP contribution in [-0.2, 0) is 0 Å². The summed E-state index contributed by atoms with van der Waals surface area (Å²) in [6.45, 7) is 0. The van der Waals surface area contributed by atoms with Crippen molar-refractivity contribution in [2.45, 2.75) is 0 Å². The number of thiophene rings is 2. The topological polar surface area (TPSA) is 74.3 Å². The van der Waals surface area contributed by atoms with Gasteiger partial charge in [0.1, 0.15) is 0 Å². The lowest BCUT2D eigenvalue weighted by atomic mass is 9.93. The summed E-state index contributed by atoms with van der Waals surface area (Å²) in [5.41, 5.74) is 20.8. The molecule has 0 radical (unpaired) electrons. The van der Waals surface area contributed by atoms with Gasteiger partial charge < -0.3 is 9.13 Å². The van der Waals surface area contributed by atoms with Gasteiger partial charge in [0.05, 0.1) is 33.5 Å². The molecule has 0 aliphatic carbocycles. The van der Waals surface area contributed by atoms with E-state index in [0.717, 1.165) is 128 Å². The monoisotopic (exact) mass is 1310 g/mol. The number of para-hydroxylation sites is 3. The molecule has 0 amide bonds. The molecule has 0 atom stereocenters. The molecule has 20 aromatic rings. The fourth-order valence-electron chi connectivity index (χ4n) is 15.0.